The molecule has 1 aromatic heterocycles. The van der Waals surface area contributed by atoms with Crippen molar-refractivity contribution in [3.8, 4) is 0 Å². The van der Waals surface area contributed by atoms with Crippen LogP contribution >= 0.6 is 11.3 Å². The summed E-state index contributed by atoms with van der Waals surface area (Å²) >= 11 is 1.70. The van der Waals surface area contributed by atoms with Gasteiger partial charge in [-0.25, -0.2) is 0 Å². The van der Waals surface area contributed by atoms with Gasteiger partial charge in [0.15, 0.2) is 0 Å². The van der Waals surface area contributed by atoms with Crippen LogP contribution in [0.3, 0.4) is 0 Å². The number of amides is 1. The molecule has 0 radical (unpaired) electrons. The van der Waals surface area contributed by atoms with E-state index in [1.54, 1.807) is 16.2 Å². The molecule has 0 aliphatic rings. The smallest absolute Gasteiger partial charge is 0.303 e. The standard InChI is InChI=1S/C14H21NO3S/c1-11(10-12-6-5-9-19-12)15(2)13(16)7-3-4-8-14(17)18/h5-6,9,11H,3-4,7-8,10H2,1-2H3,(H,17,18). The molecule has 0 aliphatic carbocycles. The zero-order valence-corrected chi connectivity index (χ0v) is 12.3. The van der Waals surface area contributed by atoms with Crippen LogP contribution in [0.15, 0.2) is 17.5 Å². The van der Waals surface area contributed by atoms with E-state index in [1.807, 2.05) is 25.4 Å². The van der Waals surface area contributed by atoms with Crippen molar-refractivity contribution >= 4 is 23.2 Å². The molecule has 1 aromatic rings. The number of carbonyl (C=O) groups is 2. The average Bonchev–Trinajstić information content (AvgIpc) is 2.85. The molecular formula is C14H21NO3S. The van der Waals surface area contributed by atoms with Gasteiger partial charge in [0.25, 0.3) is 0 Å². The molecule has 5 heteroatoms. The Hall–Kier alpha value is -1.36. The van der Waals surface area contributed by atoms with Gasteiger partial charge in [0, 0.05) is 37.2 Å². The molecule has 1 heterocycles. The lowest BCUT2D eigenvalue weighted by molar-refractivity contribution is -0.137. The lowest BCUT2D eigenvalue weighted by atomic mass is 10.1. The first-order valence-electron chi connectivity index (χ1n) is 6.50. The number of rotatable bonds is 8. The maximum atomic E-state index is 11.9. The normalized spacial score (nSPS) is 12.1. The molecule has 1 rings (SSSR count). The molecule has 0 bridgehead atoms. The van der Waals surface area contributed by atoms with Gasteiger partial charge in [-0.15, -0.1) is 11.3 Å². The van der Waals surface area contributed by atoms with Crippen LogP contribution in [-0.2, 0) is 16.0 Å². The van der Waals surface area contributed by atoms with Crippen molar-refractivity contribution in [1.29, 1.82) is 0 Å². The van der Waals surface area contributed by atoms with Gasteiger partial charge in [-0.3, -0.25) is 9.59 Å². The van der Waals surface area contributed by atoms with Crippen LogP contribution in [0.5, 0.6) is 0 Å². The molecule has 0 saturated carbocycles. The number of unbranched alkanes of at least 4 members (excludes halogenated alkanes) is 1. The van der Waals surface area contributed by atoms with Crippen LogP contribution < -0.4 is 0 Å². The number of thiophene rings is 1. The van der Waals surface area contributed by atoms with Gasteiger partial charge >= 0.3 is 5.97 Å². The highest BCUT2D eigenvalue weighted by Crippen LogP contribution is 2.14. The van der Waals surface area contributed by atoms with E-state index in [0.29, 0.717) is 19.3 Å². The van der Waals surface area contributed by atoms with Gasteiger partial charge in [0.05, 0.1) is 0 Å². The Morgan fingerprint density at radius 2 is 2.05 bits per heavy atom. The minimum atomic E-state index is -0.799. The molecule has 0 aliphatic heterocycles. The van der Waals surface area contributed by atoms with Crippen LogP contribution in [0.1, 0.15) is 37.5 Å². The van der Waals surface area contributed by atoms with Crippen molar-refractivity contribution < 1.29 is 14.7 Å². The van der Waals surface area contributed by atoms with E-state index >= 15 is 0 Å². The highest BCUT2D eigenvalue weighted by Gasteiger charge is 2.16. The number of hydrogen-bond donors (Lipinski definition) is 1. The molecule has 1 N–H and O–H groups in total. The zero-order chi connectivity index (χ0) is 14.3. The lowest BCUT2D eigenvalue weighted by Crippen LogP contribution is -2.36. The summed E-state index contributed by atoms with van der Waals surface area (Å²) in [6, 6.07) is 4.26. The maximum Gasteiger partial charge on any atom is 0.303 e. The van der Waals surface area contributed by atoms with Crippen LogP contribution in [0.2, 0.25) is 0 Å². The highest BCUT2D eigenvalue weighted by atomic mass is 32.1. The Kier molecular flexibility index (Phi) is 6.56. The first-order valence-corrected chi connectivity index (χ1v) is 7.38. The minimum Gasteiger partial charge on any atom is -0.481 e. The summed E-state index contributed by atoms with van der Waals surface area (Å²) in [5.74, 6) is -0.707. The molecule has 0 saturated heterocycles. The van der Waals surface area contributed by atoms with E-state index in [1.165, 1.54) is 4.88 Å². The average molecular weight is 283 g/mol. The van der Waals surface area contributed by atoms with E-state index < -0.39 is 5.97 Å². The first kappa shape index (κ1) is 15.7. The molecule has 4 nitrogen and oxygen atoms in total. The predicted octanol–water partition coefficient (Wildman–Crippen LogP) is 2.78. The molecule has 1 atom stereocenters. The van der Waals surface area contributed by atoms with Crippen molar-refractivity contribution in [3.63, 3.8) is 0 Å². The topological polar surface area (TPSA) is 57.6 Å². The van der Waals surface area contributed by atoms with Gasteiger partial charge in [0.2, 0.25) is 5.91 Å². The van der Waals surface area contributed by atoms with Crippen LogP contribution in [0, 0.1) is 0 Å². The maximum absolute atomic E-state index is 11.9. The third-order valence-electron chi connectivity index (χ3n) is 3.16. The van der Waals surface area contributed by atoms with E-state index in [4.69, 9.17) is 5.11 Å². The van der Waals surface area contributed by atoms with E-state index in [2.05, 4.69) is 6.07 Å². The fraction of sp³-hybridized carbons (Fsp3) is 0.571. The van der Waals surface area contributed by atoms with E-state index in [9.17, 15) is 9.59 Å². The van der Waals surface area contributed by atoms with Crippen LogP contribution in [0.4, 0.5) is 0 Å². The number of hydrogen-bond acceptors (Lipinski definition) is 3. The second-order valence-corrected chi connectivity index (χ2v) is 5.77. The van der Waals surface area contributed by atoms with Crippen molar-refractivity contribution in [3.05, 3.63) is 22.4 Å². The second kappa shape index (κ2) is 7.94. The summed E-state index contributed by atoms with van der Waals surface area (Å²) < 4.78 is 0. The molecule has 0 aromatic carbocycles. The van der Waals surface area contributed by atoms with Crippen molar-refractivity contribution in [2.45, 2.75) is 45.1 Å². The Bertz CT molecular complexity index is 403. The quantitative estimate of drug-likeness (QED) is 0.746. The van der Waals surface area contributed by atoms with Gasteiger partial charge < -0.3 is 10.0 Å². The van der Waals surface area contributed by atoms with Crippen molar-refractivity contribution in [1.82, 2.24) is 4.90 Å². The van der Waals surface area contributed by atoms with Crippen molar-refractivity contribution in [2.75, 3.05) is 7.05 Å². The third-order valence-corrected chi connectivity index (χ3v) is 4.06. The Labute approximate surface area is 118 Å². The number of aliphatic carboxylic acids is 1. The fourth-order valence-corrected chi connectivity index (χ4v) is 2.66. The Morgan fingerprint density at radius 3 is 2.63 bits per heavy atom. The predicted molar refractivity (Wildman–Crippen MR) is 76.4 cm³/mol. The Morgan fingerprint density at radius 1 is 1.37 bits per heavy atom. The summed E-state index contributed by atoms with van der Waals surface area (Å²) in [5, 5.41) is 10.6. The number of likely N-dealkylation sites (N-methyl/N-ethyl adjacent to an activating group) is 1. The van der Waals surface area contributed by atoms with Gasteiger partial charge in [-0.05, 0) is 31.2 Å². The van der Waals surface area contributed by atoms with Gasteiger partial charge in [0.1, 0.15) is 0 Å². The summed E-state index contributed by atoms with van der Waals surface area (Å²) in [6.45, 7) is 2.04. The van der Waals surface area contributed by atoms with Crippen molar-refractivity contribution in [2.24, 2.45) is 0 Å². The number of nitrogens with zero attached hydrogens (tertiary/aromatic N) is 1. The third kappa shape index (κ3) is 5.87. The minimum absolute atomic E-state index is 0.0921. The van der Waals surface area contributed by atoms with Gasteiger partial charge in [-0.1, -0.05) is 6.07 Å². The molecule has 0 fully saturated rings. The first-order chi connectivity index (χ1) is 9.00. The molecule has 1 amide bonds. The number of carbonyl (C=O) groups excluding carboxylic acids is 1. The van der Waals surface area contributed by atoms with Crippen LogP contribution in [-0.4, -0.2) is 35.0 Å². The largest absolute Gasteiger partial charge is 0.481 e. The van der Waals surface area contributed by atoms with E-state index in [-0.39, 0.29) is 18.4 Å². The molecule has 19 heavy (non-hydrogen) atoms. The summed E-state index contributed by atoms with van der Waals surface area (Å²) in [4.78, 5) is 25.3. The molecule has 1 unspecified atom stereocenters. The Balaban J connectivity index is 2.28. The molecule has 0 spiro atoms. The lowest BCUT2D eigenvalue weighted by Gasteiger charge is -2.24. The molecular weight excluding hydrogens is 262 g/mol. The highest BCUT2D eigenvalue weighted by molar-refractivity contribution is 7.09. The monoisotopic (exact) mass is 283 g/mol. The van der Waals surface area contributed by atoms with Gasteiger partial charge in [-0.2, -0.15) is 0 Å². The zero-order valence-electron chi connectivity index (χ0n) is 11.5. The molecule has 106 valence electrons. The summed E-state index contributed by atoms with van der Waals surface area (Å²) in [5.41, 5.74) is 0. The summed E-state index contributed by atoms with van der Waals surface area (Å²) in [7, 11) is 1.82. The van der Waals surface area contributed by atoms with E-state index in [0.717, 1.165) is 6.42 Å². The number of carboxylic acid groups (broad SMARTS) is 1. The SMILES string of the molecule is CC(Cc1cccs1)N(C)C(=O)CCCCC(=O)O. The number of carboxylic acids is 1. The summed E-state index contributed by atoms with van der Waals surface area (Å²) in [6.07, 6.45) is 2.64. The van der Waals surface area contributed by atoms with Crippen LogP contribution in [0.25, 0.3) is 0 Å². The fourth-order valence-electron chi connectivity index (χ4n) is 1.83. The second-order valence-electron chi connectivity index (χ2n) is 4.74.